The number of ether oxygens (including phenoxy) is 2. The second-order valence-electron chi connectivity index (χ2n) is 16.9. The van der Waals surface area contributed by atoms with Crippen LogP contribution in [0.1, 0.15) is 107 Å². The molecule has 2 rings (SSSR count). The van der Waals surface area contributed by atoms with E-state index in [0.29, 0.717) is 24.8 Å². The Morgan fingerprint density at radius 3 is 2.00 bits per heavy atom. The second kappa shape index (κ2) is 19.2. The Morgan fingerprint density at radius 2 is 1.48 bits per heavy atom. The fraction of sp³-hybridized carbons (Fsp3) is 0.667. The summed E-state index contributed by atoms with van der Waals surface area (Å²) >= 11 is 0. The van der Waals surface area contributed by atoms with Gasteiger partial charge in [0.2, 0.25) is 29.4 Å². The molecular weight excluding hydrogens is 696 g/mol. The molecule has 1 fully saturated rings. The lowest BCUT2D eigenvalue weighted by atomic mass is 9.85. The first-order valence-corrected chi connectivity index (χ1v) is 18.5. The number of nitrogens with one attached hydrogen (secondary N) is 4. The molecule has 15 heteroatoms. The van der Waals surface area contributed by atoms with Gasteiger partial charge < -0.3 is 40.5 Å². The van der Waals surface area contributed by atoms with Crippen LogP contribution in [-0.4, -0.2) is 114 Å². The number of hydrogen-bond donors (Lipinski definition) is 4. The number of nitrogens with zero attached hydrogens (tertiary/aromatic N) is 2. The Bertz CT molecular complexity index is 1490. The molecule has 4 N–H and O–H groups in total. The summed E-state index contributed by atoms with van der Waals surface area (Å²) in [6.07, 6.45) is -0.00569. The minimum atomic E-state index is -1.28. The lowest BCUT2D eigenvalue weighted by molar-refractivity contribution is -0.149. The van der Waals surface area contributed by atoms with Gasteiger partial charge >= 0.3 is 6.09 Å². The van der Waals surface area contributed by atoms with Crippen molar-refractivity contribution in [3.05, 3.63) is 35.9 Å². The maximum atomic E-state index is 14.2. The number of ketones is 1. The Kier molecular flexibility index (Phi) is 16.2. The quantitative estimate of drug-likeness (QED) is 0.195. The van der Waals surface area contributed by atoms with Crippen LogP contribution in [0.4, 0.5) is 4.79 Å². The number of alkyl carbamates (subject to hydrolysis) is 1. The Labute approximate surface area is 320 Å². The van der Waals surface area contributed by atoms with Gasteiger partial charge in [-0.15, -0.1) is 0 Å². The molecule has 15 nitrogen and oxygen atoms in total. The topological polar surface area (TPSA) is 193 Å². The largest absolute Gasteiger partial charge is 0.444 e. The summed E-state index contributed by atoms with van der Waals surface area (Å²) in [5, 5.41) is 10.3. The van der Waals surface area contributed by atoms with Crippen LogP contribution in [0.5, 0.6) is 0 Å². The molecule has 0 saturated carbocycles. The molecule has 1 heterocycles. The van der Waals surface area contributed by atoms with Gasteiger partial charge in [-0.3, -0.25) is 28.8 Å². The molecule has 6 amide bonds. The second-order valence-corrected chi connectivity index (χ2v) is 16.9. The van der Waals surface area contributed by atoms with Gasteiger partial charge in [0.05, 0.1) is 24.3 Å². The number of carbonyl (C=O) groups is 7. The van der Waals surface area contributed by atoms with Crippen LogP contribution in [0.25, 0.3) is 0 Å². The average Bonchev–Trinajstić information content (AvgIpc) is 3.46. The van der Waals surface area contributed by atoms with E-state index in [2.05, 4.69) is 21.3 Å². The fourth-order valence-corrected chi connectivity index (χ4v) is 5.88. The highest BCUT2D eigenvalue weighted by atomic mass is 16.6. The summed E-state index contributed by atoms with van der Waals surface area (Å²) in [5.41, 5.74) is -1.77. The zero-order valence-corrected chi connectivity index (χ0v) is 34.1. The summed E-state index contributed by atoms with van der Waals surface area (Å²) in [5.74, 6) is -4.40. The number of likely N-dealkylation sites (tertiary alicyclic amines) is 1. The van der Waals surface area contributed by atoms with Gasteiger partial charge in [-0.25, -0.2) is 4.79 Å². The number of amides is 6. The SMILES string of the molecule is CCCCC(NC(=O)[C@@H]1C(OC(C)(C)C)CCN1C(=O)[C@@H](NC(=O)OC(C)(C)C)C(C)(C)C)C(=O)C(=O)NCC(=O)NC(C(=O)N(C)C)c1ccccc1. The molecule has 302 valence electrons. The lowest BCUT2D eigenvalue weighted by Gasteiger charge is -2.37. The zero-order chi connectivity index (χ0) is 41.2. The zero-order valence-electron chi connectivity index (χ0n) is 34.1. The predicted octanol–water partition coefficient (Wildman–Crippen LogP) is 3.02. The molecule has 0 aliphatic carbocycles. The summed E-state index contributed by atoms with van der Waals surface area (Å²) < 4.78 is 11.7. The third kappa shape index (κ3) is 14.0. The highest BCUT2D eigenvalue weighted by Gasteiger charge is 2.48. The first kappa shape index (κ1) is 45.6. The van der Waals surface area contributed by atoms with E-state index in [9.17, 15) is 33.6 Å². The van der Waals surface area contributed by atoms with E-state index in [1.54, 1.807) is 86.0 Å². The molecular formula is C39H62N6O9. The van der Waals surface area contributed by atoms with E-state index in [-0.39, 0.29) is 18.9 Å². The van der Waals surface area contributed by atoms with Crippen LogP contribution in [0.3, 0.4) is 0 Å². The molecule has 0 aromatic heterocycles. The number of unbranched alkanes of at least 4 members (excludes halogenated alkanes) is 1. The molecule has 0 bridgehead atoms. The molecule has 1 aliphatic heterocycles. The minimum absolute atomic E-state index is 0.115. The highest BCUT2D eigenvalue weighted by Crippen LogP contribution is 2.30. The molecule has 1 aliphatic rings. The van der Waals surface area contributed by atoms with Crippen LogP contribution >= 0.6 is 0 Å². The van der Waals surface area contributed by atoms with Crippen molar-refractivity contribution in [1.82, 2.24) is 31.1 Å². The van der Waals surface area contributed by atoms with E-state index in [0.717, 1.165) is 0 Å². The molecule has 0 spiro atoms. The van der Waals surface area contributed by atoms with Crippen LogP contribution in [0.2, 0.25) is 0 Å². The van der Waals surface area contributed by atoms with Crippen molar-refractivity contribution in [2.24, 2.45) is 5.41 Å². The number of Topliss-reactive ketones (excluding diaryl/α,β-unsaturated/α-hetero) is 1. The van der Waals surface area contributed by atoms with Gasteiger partial charge in [-0.05, 0) is 65.4 Å². The maximum Gasteiger partial charge on any atom is 0.408 e. The molecule has 1 aromatic rings. The van der Waals surface area contributed by atoms with Gasteiger partial charge in [-0.1, -0.05) is 70.9 Å². The van der Waals surface area contributed by atoms with E-state index in [1.807, 2.05) is 27.7 Å². The van der Waals surface area contributed by atoms with Crippen LogP contribution in [0, 0.1) is 5.41 Å². The van der Waals surface area contributed by atoms with Crippen molar-refractivity contribution in [3.63, 3.8) is 0 Å². The number of likely N-dealkylation sites (N-methyl/N-ethyl adjacent to an activating group) is 1. The van der Waals surface area contributed by atoms with Gasteiger partial charge in [0.25, 0.3) is 5.91 Å². The lowest BCUT2D eigenvalue weighted by Crippen LogP contribution is -2.61. The van der Waals surface area contributed by atoms with Crippen molar-refractivity contribution in [3.8, 4) is 0 Å². The highest BCUT2D eigenvalue weighted by molar-refractivity contribution is 6.38. The third-order valence-electron chi connectivity index (χ3n) is 8.41. The molecule has 0 radical (unpaired) electrons. The van der Waals surface area contributed by atoms with Crippen molar-refractivity contribution in [2.75, 3.05) is 27.2 Å². The van der Waals surface area contributed by atoms with Crippen LogP contribution in [-0.2, 0) is 38.2 Å². The molecule has 1 saturated heterocycles. The fourth-order valence-electron chi connectivity index (χ4n) is 5.88. The Balaban J connectivity index is 2.31. The first-order chi connectivity index (χ1) is 24.9. The number of carbonyl (C=O) groups excluding carboxylic acids is 7. The van der Waals surface area contributed by atoms with Gasteiger partial charge in [0.15, 0.2) is 0 Å². The van der Waals surface area contributed by atoms with Gasteiger partial charge in [0, 0.05) is 20.6 Å². The third-order valence-corrected chi connectivity index (χ3v) is 8.41. The van der Waals surface area contributed by atoms with Gasteiger partial charge in [-0.2, -0.15) is 0 Å². The smallest absolute Gasteiger partial charge is 0.408 e. The summed E-state index contributed by atoms with van der Waals surface area (Å²) in [7, 11) is 3.11. The number of benzene rings is 1. The molecule has 5 atom stereocenters. The Morgan fingerprint density at radius 1 is 0.870 bits per heavy atom. The van der Waals surface area contributed by atoms with Crippen molar-refractivity contribution in [2.45, 2.75) is 136 Å². The van der Waals surface area contributed by atoms with E-state index < -0.39 is 88.9 Å². The van der Waals surface area contributed by atoms with Crippen LogP contribution in [0.15, 0.2) is 30.3 Å². The van der Waals surface area contributed by atoms with E-state index in [1.165, 1.54) is 9.80 Å². The summed E-state index contributed by atoms with van der Waals surface area (Å²) in [6.45, 7) is 17.3. The van der Waals surface area contributed by atoms with Crippen molar-refractivity contribution < 1.29 is 43.0 Å². The molecule has 1 aromatic carbocycles. The first-order valence-electron chi connectivity index (χ1n) is 18.5. The molecule has 3 unspecified atom stereocenters. The maximum absolute atomic E-state index is 14.2. The van der Waals surface area contributed by atoms with Gasteiger partial charge in [0.1, 0.15) is 23.7 Å². The normalized spacial score (nSPS) is 17.7. The van der Waals surface area contributed by atoms with E-state index in [4.69, 9.17) is 9.47 Å². The Hall–Kier alpha value is -4.53. The molecule has 54 heavy (non-hydrogen) atoms. The number of hydrogen-bond acceptors (Lipinski definition) is 9. The van der Waals surface area contributed by atoms with Crippen molar-refractivity contribution >= 4 is 41.4 Å². The van der Waals surface area contributed by atoms with Crippen molar-refractivity contribution in [1.29, 1.82) is 0 Å². The minimum Gasteiger partial charge on any atom is -0.444 e. The summed E-state index contributed by atoms with van der Waals surface area (Å²) in [6, 6.07) is 4.02. The van der Waals surface area contributed by atoms with Crippen LogP contribution < -0.4 is 21.3 Å². The number of rotatable bonds is 15. The van der Waals surface area contributed by atoms with E-state index >= 15 is 0 Å². The predicted molar refractivity (Wildman–Crippen MR) is 203 cm³/mol. The standard InChI is InChI=1S/C39H62N6O9/c1-13-14-20-25(30(47)33(49)40-23-27(46)42-28(34(50)44(11)12)24-18-16-15-17-19-24)41-32(48)29-26(53-38(5,6)7)21-22-45(29)35(51)31(37(2,3)4)43-36(52)54-39(8,9)10/h15-19,25-26,28-29,31H,13-14,20-23H2,1-12H3,(H,40,49)(H,41,48)(H,42,46)(H,43,52)/t25?,26?,28?,29-,31+/m0/s1. The average molecular weight is 759 g/mol. The monoisotopic (exact) mass is 758 g/mol. The summed E-state index contributed by atoms with van der Waals surface area (Å²) in [4.78, 5) is 96.5.